The summed E-state index contributed by atoms with van der Waals surface area (Å²) >= 11 is 0. The smallest absolute Gasteiger partial charge is 0.0765 e. The first-order valence-corrected chi connectivity index (χ1v) is 6.13. The van der Waals surface area contributed by atoms with Gasteiger partial charge in [0.15, 0.2) is 0 Å². The van der Waals surface area contributed by atoms with Gasteiger partial charge in [0.05, 0.1) is 24.9 Å². The Balaban J connectivity index is 3.40. The first-order chi connectivity index (χ1) is 7.52. The number of hydrogen-bond donors (Lipinski definition) is 2. The van der Waals surface area contributed by atoms with Crippen LogP contribution in [0.2, 0.25) is 0 Å². The third kappa shape index (κ3) is 9.09. The Hall–Kier alpha value is -0.160. The average Bonchev–Trinajstić information content (AvgIpc) is 2.22. The van der Waals surface area contributed by atoms with Crippen LogP contribution in [0.5, 0.6) is 0 Å². The van der Waals surface area contributed by atoms with Crippen molar-refractivity contribution in [3.63, 3.8) is 0 Å². The largest absolute Gasteiger partial charge is 0.389 e. The minimum Gasteiger partial charge on any atom is -0.389 e. The lowest BCUT2D eigenvalue weighted by atomic mass is 10.00. The van der Waals surface area contributed by atoms with Crippen LogP contribution in [-0.2, 0) is 9.47 Å². The fraction of sp³-hybridized carbons (Fsp3) is 1.00. The molecule has 0 amide bonds. The van der Waals surface area contributed by atoms with Crippen molar-refractivity contribution < 1.29 is 14.6 Å². The maximum atomic E-state index is 9.73. The van der Waals surface area contributed by atoms with Gasteiger partial charge < -0.3 is 20.3 Å². The zero-order chi connectivity index (χ0) is 12.4. The highest BCUT2D eigenvalue weighted by Gasteiger charge is 2.21. The van der Waals surface area contributed by atoms with Gasteiger partial charge in [-0.1, -0.05) is 13.3 Å². The van der Waals surface area contributed by atoms with E-state index in [-0.39, 0.29) is 12.6 Å². The second kappa shape index (κ2) is 8.93. The molecule has 98 valence electrons. The maximum Gasteiger partial charge on any atom is 0.0765 e. The molecule has 4 heteroatoms. The lowest BCUT2D eigenvalue weighted by Gasteiger charge is -2.25. The van der Waals surface area contributed by atoms with Crippen LogP contribution in [0.15, 0.2) is 0 Å². The van der Waals surface area contributed by atoms with Crippen LogP contribution in [0.1, 0.15) is 40.0 Å². The maximum absolute atomic E-state index is 9.73. The van der Waals surface area contributed by atoms with Gasteiger partial charge in [-0.15, -0.1) is 0 Å². The van der Waals surface area contributed by atoms with Crippen molar-refractivity contribution in [2.45, 2.75) is 51.7 Å². The second-order valence-corrected chi connectivity index (χ2v) is 4.55. The molecule has 0 aromatic rings. The van der Waals surface area contributed by atoms with Crippen molar-refractivity contribution in [1.82, 2.24) is 0 Å². The first kappa shape index (κ1) is 15.8. The van der Waals surface area contributed by atoms with E-state index in [4.69, 9.17) is 15.2 Å². The van der Waals surface area contributed by atoms with E-state index < -0.39 is 5.60 Å². The molecule has 0 heterocycles. The van der Waals surface area contributed by atoms with Crippen molar-refractivity contribution in [3.8, 4) is 0 Å². The highest BCUT2D eigenvalue weighted by Crippen LogP contribution is 2.12. The summed E-state index contributed by atoms with van der Waals surface area (Å²) in [5.74, 6) is 0. The molecule has 0 bridgehead atoms. The number of unbranched alkanes of at least 4 members (excludes halogenated alkanes) is 1. The molecule has 0 fully saturated rings. The Morgan fingerprint density at radius 2 is 2.00 bits per heavy atom. The van der Waals surface area contributed by atoms with Crippen molar-refractivity contribution in [2.24, 2.45) is 5.73 Å². The predicted octanol–water partition coefficient (Wildman–Crippen LogP) is 1.31. The molecule has 3 N–H and O–H groups in total. The van der Waals surface area contributed by atoms with Crippen LogP contribution in [0, 0.1) is 0 Å². The molecule has 0 saturated carbocycles. The lowest BCUT2D eigenvalue weighted by molar-refractivity contribution is -0.0351. The second-order valence-electron chi connectivity index (χ2n) is 4.55. The molecule has 0 aromatic heterocycles. The quantitative estimate of drug-likeness (QED) is 0.558. The fourth-order valence-corrected chi connectivity index (χ4v) is 1.42. The van der Waals surface area contributed by atoms with Crippen molar-refractivity contribution in [3.05, 3.63) is 0 Å². The topological polar surface area (TPSA) is 64.7 Å². The van der Waals surface area contributed by atoms with E-state index in [1.165, 1.54) is 0 Å². The molecule has 2 unspecified atom stereocenters. The van der Waals surface area contributed by atoms with Gasteiger partial charge in [0, 0.05) is 19.6 Å². The Morgan fingerprint density at radius 3 is 2.56 bits per heavy atom. The van der Waals surface area contributed by atoms with Crippen LogP contribution in [-0.4, -0.2) is 43.2 Å². The van der Waals surface area contributed by atoms with Gasteiger partial charge >= 0.3 is 0 Å². The van der Waals surface area contributed by atoms with Gasteiger partial charge in [-0.25, -0.2) is 0 Å². The summed E-state index contributed by atoms with van der Waals surface area (Å²) < 4.78 is 10.9. The lowest BCUT2D eigenvalue weighted by Crippen LogP contribution is -2.38. The Labute approximate surface area is 99.1 Å². The average molecular weight is 233 g/mol. The van der Waals surface area contributed by atoms with E-state index in [2.05, 4.69) is 6.92 Å². The molecule has 0 saturated heterocycles. The molecule has 0 aliphatic rings. The van der Waals surface area contributed by atoms with Crippen LogP contribution >= 0.6 is 0 Å². The van der Waals surface area contributed by atoms with Gasteiger partial charge in [-0.05, 0) is 20.3 Å². The highest BCUT2D eigenvalue weighted by molar-refractivity contribution is 4.76. The van der Waals surface area contributed by atoms with E-state index in [1.807, 2.05) is 6.92 Å². The first-order valence-electron chi connectivity index (χ1n) is 6.13. The third-order valence-electron chi connectivity index (χ3n) is 2.44. The predicted molar refractivity (Wildman–Crippen MR) is 65.4 cm³/mol. The zero-order valence-electron chi connectivity index (χ0n) is 10.9. The van der Waals surface area contributed by atoms with Crippen LogP contribution in [0.3, 0.4) is 0 Å². The third-order valence-corrected chi connectivity index (χ3v) is 2.44. The zero-order valence-corrected chi connectivity index (χ0v) is 10.9. The van der Waals surface area contributed by atoms with Crippen molar-refractivity contribution >= 4 is 0 Å². The Bertz CT molecular complexity index is 162. The molecule has 0 aliphatic heterocycles. The van der Waals surface area contributed by atoms with Crippen LogP contribution in [0.25, 0.3) is 0 Å². The summed E-state index contributed by atoms with van der Waals surface area (Å²) in [7, 11) is 0. The van der Waals surface area contributed by atoms with E-state index in [0.717, 1.165) is 19.4 Å². The standard InChI is InChI=1S/C12H27NO3/c1-4-5-6-15-7-8-16-11(2)9-12(3,14)10-13/h11,14H,4-10,13H2,1-3H3. The number of hydrogen-bond acceptors (Lipinski definition) is 4. The summed E-state index contributed by atoms with van der Waals surface area (Å²) in [6.45, 7) is 8.06. The fourth-order valence-electron chi connectivity index (χ4n) is 1.42. The summed E-state index contributed by atoms with van der Waals surface area (Å²) in [5.41, 5.74) is 4.60. The van der Waals surface area contributed by atoms with Gasteiger partial charge in [-0.2, -0.15) is 0 Å². The molecule has 0 radical (unpaired) electrons. The highest BCUT2D eigenvalue weighted by atomic mass is 16.5. The summed E-state index contributed by atoms with van der Waals surface area (Å²) in [4.78, 5) is 0. The van der Waals surface area contributed by atoms with Gasteiger partial charge in [0.2, 0.25) is 0 Å². The number of ether oxygens (including phenoxy) is 2. The molecular formula is C12H27NO3. The van der Waals surface area contributed by atoms with E-state index in [1.54, 1.807) is 6.92 Å². The van der Waals surface area contributed by atoms with Crippen LogP contribution in [0.4, 0.5) is 0 Å². The molecule has 0 aromatic carbocycles. The van der Waals surface area contributed by atoms with Crippen molar-refractivity contribution in [2.75, 3.05) is 26.4 Å². The molecule has 16 heavy (non-hydrogen) atoms. The minimum atomic E-state index is -0.831. The summed E-state index contributed by atoms with van der Waals surface area (Å²) in [6, 6.07) is 0. The molecule has 2 atom stereocenters. The molecular weight excluding hydrogens is 206 g/mol. The molecule has 4 nitrogen and oxygen atoms in total. The van der Waals surface area contributed by atoms with Gasteiger partial charge in [0.1, 0.15) is 0 Å². The van der Waals surface area contributed by atoms with E-state index >= 15 is 0 Å². The number of rotatable bonds is 10. The van der Waals surface area contributed by atoms with E-state index in [0.29, 0.717) is 19.6 Å². The normalized spacial score (nSPS) is 17.1. The summed E-state index contributed by atoms with van der Waals surface area (Å²) in [6.07, 6.45) is 2.81. The van der Waals surface area contributed by atoms with Gasteiger partial charge in [0.25, 0.3) is 0 Å². The Morgan fingerprint density at radius 1 is 1.31 bits per heavy atom. The molecule has 0 spiro atoms. The monoisotopic (exact) mass is 233 g/mol. The van der Waals surface area contributed by atoms with Crippen LogP contribution < -0.4 is 5.73 Å². The number of aliphatic hydroxyl groups is 1. The van der Waals surface area contributed by atoms with E-state index in [9.17, 15) is 5.11 Å². The summed E-state index contributed by atoms with van der Waals surface area (Å²) in [5, 5.41) is 9.73. The minimum absolute atomic E-state index is 0.00771. The number of nitrogens with two attached hydrogens (primary N) is 1. The SMILES string of the molecule is CCCCOCCOC(C)CC(C)(O)CN. The molecule has 0 aliphatic carbocycles. The van der Waals surface area contributed by atoms with Gasteiger partial charge in [-0.3, -0.25) is 0 Å². The van der Waals surface area contributed by atoms with Crippen molar-refractivity contribution in [1.29, 1.82) is 0 Å². The molecule has 0 rings (SSSR count). The Kier molecular flexibility index (Phi) is 8.84.